The molecule has 0 amide bonds. The average Bonchev–Trinajstić information content (AvgIpc) is 2.60. The van der Waals surface area contributed by atoms with Crippen LogP contribution < -0.4 is 0 Å². The van der Waals surface area contributed by atoms with Gasteiger partial charge in [0.05, 0.1) is 12.0 Å². The van der Waals surface area contributed by atoms with Crippen LogP contribution in [0, 0.1) is 11.3 Å². The van der Waals surface area contributed by atoms with Gasteiger partial charge >= 0.3 is 5.97 Å². The Kier molecular flexibility index (Phi) is 6.36. The first-order chi connectivity index (χ1) is 12.1. The molecular weight excluding hydrogens is 352 g/mol. The summed E-state index contributed by atoms with van der Waals surface area (Å²) in [6, 6.07) is 8.76. The van der Waals surface area contributed by atoms with Crippen LogP contribution >= 0.6 is 23.9 Å². The summed E-state index contributed by atoms with van der Waals surface area (Å²) in [7, 11) is 0. The van der Waals surface area contributed by atoms with Gasteiger partial charge in [-0.05, 0) is 73.8 Å². The molecule has 2 saturated heterocycles. The molecule has 2 bridgehead atoms. The molecule has 1 saturated carbocycles. The minimum absolute atomic E-state index is 0.00233. The second-order valence-corrected chi connectivity index (χ2v) is 9.21. The van der Waals surface area contributed by atoms with E-state index in [-0.39, 0.29) is 11.4 Å². The lowest BCUT2D eigenvalue weighted by Crippen LogP contribution is -2.58. The average molecular weight is 381 g/mol. The zero-order valence-corrected chi connectivity index (χ0v) is 17.0. The van der Waals surface area contributed by atoms with E-state index in [0.29, 0.717) is 12.5 Å². The van der Waals surface area contributed by atoms with Crippen LogP contribution in [-0.4, -0.2) is 47.4 Å². The van der Waals surface area contributed by atoms with E-state index in [4.69, 9.17) is 4.74 Å². The van der Waals surface area contributed by atoms with Gasteiger partial charge in [-0.25, -0.2) is 8.61 Å². The smallest absolute Gasteiger partial charge is 0.313 e. The molecule has 0 spiro atoms. The second-order valence-electron chi connectivity index (χ2n) is 6.87. The Labute approximate surface area is 159 Å². The van der Waals surface area contributed by atoms with Gasteiger partial charge in [0.1, 0.15) is 0 Å². The van der Waals surface area contributed by atoms with Crippen molar-refractivity contribution in [3.8, 4) is 0 Å². The predicted molar refractivity (Wildman–Crippen MR) is 104 cm³/mol. The number of fused-ring (bicyclic) bond motifs is 2. The number of piperidine rings is 2. The number of benzene rings is 1. The van der Waals surface area contributed by atoms with Crippen molar-refractivity contribution in [1.29, 1.82) is 0 Å². The van der Waals surface area contributed by atoms with Crippen LogP contribution in [0.15, 0.2) is 34.1 Å². The molecular formula is C19H28N2O2S2. The van der Waals surface area contributed by atoms with Crippen LogP contribution in [0.2, 0.25) is 0 Å². The van der Waals surface area contributed by atoms with Crippen molar-refractivity contribution >= 4 is 29.9 Å². The fourth-order valence-electron chi connectivity index (χ4n) is 3.79. The number of carbonyl (C=O) groups is 1. The van der Waals surface area contributed by atoms with Gasteiger partial charge in [0, 0.05) is 36.0 Å². The summed E-state index contributed by atoms with van der Waals surface area (Å²) >= 11 is 3.58. The summed E-state index contributed by atoms with van der Waals surface area (Å²) in [5.74, 6) is 0.644. The van der Waals surface area contributed by atoms with Crippen LogP contribution in [0.1, 0.15) is 33.6 Å². The normalized spacial score (nSPS) is 25.7. The van der Waals surface area contributed by atoms with Gasteiger partial charge in [-0.1, -0.05) is 13.8 Å². The third kappa shape index (κ3) is 4.35. The Morgan fingerprint density at radius 2 is 1.84 bits per heavy atom. The van der Waals surface area contributed by atoms with Crippen LogP contribution in [0.5, 0.6) is 0 Å². The molecule has 0 radical (unpaired) electrons. The topological polar surface area (TPSA) is 32.8 Å². The lowest BCUT2D eigenvalue weighted by molar-refractivity contribution is -0.170. The molecule has 0 atom stereocenters. The number of hydrogen-bond acceptors (Lipinski definition) is 6. The van der Waals surface area contributed by atoms with Crippen molar-refractivity contribution in [3.05, 3.63) is 24.3 Å². The fourth-order valence-corrected chi connectivity index (χ4v) is 5.76. The maximum atomic E-state index is 12.3. The molecule has 1 aromatic carbocycles. The van der Waals surface area contributed by atoms with Crippen molar-refractivity contribution in [2.24, 2.45) is 11.3 Å². The van der Waals surface area contributed by atoms with Crippen molar-refractivity contribution in [1.82, 2.24) is 8.61 Å². The summed E-state index contributed by atoms with van der Waals surface area (Å²) in [5, 5.41) is 0. The third-order valence-electron chi connectivity index (χ3n) is 5.01. The molecule has 2 heterocycles. The van der Waals surface area contributed by atoms with Gasteiger partial charge in [0.25, 0.3) is 0 Å². The molecule has 3 fully saturated rings. The van der Waals surface area contributed by atoms with Crippen LogP contribution in [0.4, 0.5) is 0 Å². The Morgan fingerprint density at radius 3 is 2.44 bits per heavy atom. The monoisotopic (exact) mass is 380 g/mol. The second kappa shape index (κ2) is 8.33. The van der Waals surface area contributed by atoms with E-state index < -0.39 is 0 Å². The molecule has 25 heavy (non-hydrogen) atoms. The van der Waals surface area contributed by atoms with E-state index in [1.807, 2.05) is 18.9 Å². The molecule has 1 aromatic rings. The number of rotatable bonds is 8. The van der Waals surface area contributed by atoms with Gasteiger partial charge in [0.2, 0.25) is 0 Å². The Morgan fingerprint density at radius 1 is 1.20 bits per heavy atom. The van der Waals surface area contributed by atoms with Crippen molar-refractivity contribution < 1.29 is 9.53 Å². The SMILES string of the molecule is CCOC(=O)C12CC(CN(Sc3ccc(SN(CC)CC)cc3)C1)C2. The Hall–Kier alpha value is -0.690. The van der Waals surface area contributed by atoms with E-state index in [0.717, 1.165) is 39.0 Å². The van der Waals surface area contributed by atoms with Crippen LogP contribution in [0.3, 0.4) is 0 Å². The molecule has 2 aliphatic heterocycles. The van der Waals surface area contributed by atoms with Crippen LogP contribution in [-0.2, 0) is 9.53 Å². The number of ether oxygens (including phenoxy) is 1. The molecule has 138 valence electrons. The summed E-state index contributed by atoms with van der Waals surface area (Å²) < 4.78 is 10.00. The zero-order valence-electron chi connectivity index (χ0n) is 15.4. The molecule has 3 aliphatic rings. The molecule has 4 rings (SSSR count). The maximum absolute atomic E-state index is 12.3. The molecule has 4 nitrogen and oxygen atoms in total. The van der Waals surface area contributed by atoms with Gasteiger partial charge < -0.3 is 4.74 Å². The summed E-state index contributed by atoms with van der Waals surface area (Å²) in [6.45, 7) is 10.7. The third-order valence-corrected chi connectivity index (χ3v) is 7.28. The Balaban J connectivity index is 1.57. The van der Waals surface area contributed by atoms with E-state index in [9.17, 15) is 4.79 Å². The zero-order chi connectivity index (χ0) is 17.9. The first kappa shape index (κ1) is 19.1. The predicted octanol–water partition coefficient (Wildman–Crippen LogP) is 4.32. The first-order valence-electron chi connectivity index (χ1n) is 9.21. The molecule has 0 N–H and O–H groups in total. The highest BCUT2D eigenvalue weighted by Crippen LogP contribution is 2.53. The van der Waals surface area contributed by atoms with Gasteiger partial charge in [-0.15, -0.1) is 0 Å². The van der Waals surface area contributed by atoms with Crippen molar-refractivity contribution in [3.63, 3.8) is 0 Å². The van der Waals surface area contributed by atoms with E-state index in [1.165, 1.54) is 9.79 Å². The van der Waals surface area contributed by atoms with Gasteiger partial charge in [-0.3, -0.25) is 4.79 Å². The fraction of sp³-hybridized carbons (Fsp3) is 0.632. The number of nitrogens with zero attached hydrogens (tertiary/aromatic N) is 2. The minimum atomic E-state index is -0.246. The quantitative estimate of drug-likeness (QED) is 0.493. The number of carbonyl (C=O) groups excluding carboxylic acids is 1. The maximum Gasteiger partial charge on any atom is 0.313 e. The highest BCUT2D eigenvalue weighted by atomic mass is 32.2. The summed E-state index contributed by atoms with van der Waals surface area (Å²) in [4.78, 5) is 14.8. The highest BCUT2D eigenvalue weighted by Gasteiger charge is 2.56. The summed E-state index contributed by atoms with van der Waals surface area (Å²) in [5.41, 5.74) is -0.246. The van der Waals surface area contributed by atoms with E-state index in [2.05, 4.69) is 46.7 Å². The standard InChI is InChI=1S/C19H28N2O2S2/c1-4-20(5-2)24-16-7-9-17(10-8-16)25-21-13-15-11-19(12-15,14-21)18(22)23-6-3/h7-10,15H,4-6,11-14H2,1-3H3. The largest absolute Gasteiger partial charge is 0.466 e. The van der Waals surface area contributed by atoms with E-state index >= 15 is 0 Å². The number of hydrogen-bond donors (Lipinski definition) is 0. The summed E-state index contributed by atoms with van der Waals surface area (Å²) in [6.07, 6.45) is 2.00. The highest BCUT2D eigenvalue weighted by molar-refractivity contribution is 7.97. The van der Waals surface area contributed by atoms with Crippen LogP contribution in [0.25, 0.3) is 0 Å². The molecule has 0 unspecified atom stereocenters. The lowest BCUT2D eigenvalue weighted by Gasteiger charge is -2.53. The molecule has 1 aliphatic carbocycles. The van der Waals surface area contributed by atoms with E-state index in [1.54, 1.807) is 11.9 Å². The lowest BCUT2D eigenvalue weighted by atomic mass is 9.59. The number of esters is 1. The Bertz CT molecular complexity index is 584. The minimum Gasteiger partial charge on any atom is -0.466 e. The van der Waals surface area contributed by atoms with Gasteiger partial charge in [0.15, 0.2) is 0 Å². The van der Waals surface area contributed by atoms with Crippen molar-refractivity contribution in [2.45, 2.75) is 43.4 Å². The van der Waals surface area contributed by atoms with Gasteiger partial charge in [-0.2, -0.15) is 0 Å². The molecule has 6 heteroatoms. The molecule has 0 aromatic heterocycles. The van der Waals surface area contributed by atoms with Crippen molar-refractivity contribution in [2.75, 3.05) is 32.8 Å². The first-order valence-corrected chi connectivity index (χ1v) is 10.8.